The van der Waals surface area contributed by atoms with Crippen LogP contribution in [0.3, 0.4) is 0 Å². The fourth-order valence-electron chi connectivity index (χ4n) is 2.24. The van der Waals surface area contributed by atoms with Crippen molar-refractivity contribution in [2.45, 2.75) is 12.0 Å². The summed E-state index contributed by atoms with van der Waals surface area (Å²) in [5.41, 5.74) is 7.27. The van der Waals surface area contributed by atoms with E-state index in [0.717, 1.165) is 5.69 Å². The fourth-order valence-corrected chi connectivity index (χ4v) is 2.24. The van der Waals surface area contributed by atoms with Gasteiger partial charge < -0.3 is 20.3 Å². The summed E-state index contributed by atoms with van der Waals surface area (Å²) in [6.07, 6.45) is 0.908. The molecule has 5 heteroatoms. The third-order valence-corrected chi connectivity index (χ3v) is 3.42. The summed E-state index contributed by atoms with van der Waals surface area (Å²) >= 11 is 0. The molecule has 0 amide bonds. The van der Waals surface area contributed by atoms with Gasteiger partial charge in [-0.25, -0.2) is 0 Å². The van der Waals surface area contributed by atoms with E-state index >= 15 is 0 Å². The second-order valence-corrected chi connectivity index (χ2v) is 4.69. The summed E-state index contributed by atoms with van der Waals surface area (Å²) in [6.45, 7) is 0.289. The molecule has 0 radical (unpaired) electrons. The van der Waals surface area contributed by atoms with E-state index in [1.54, 1.807) is 38.6 Å². The van der Waals surface area contributed by atoms with E-state index in [1.807, 2.05) is 18.2 Å². The summed E-state index contributed by atoms with van der Waals surface area (Å²) < 4.78 is 10.5. The van der Waals surface area contributed by atoms with E-state index < -0.39 is 6.10 Å². The number of benzene rings is 1. The first-order valence-electron chi connectivity index (χ1n) is 6.71. The van der Waals surface area contributed by atoms with Crippen LogP contribution in [0.25, 0.3) is 0 Å². The zero-order valence-electron chi connectivity index (χ0n) is 12.2. The van der Waals surface area contributed by atoms with Gasteiger partial charge in [0.05, 0.1) is 20.3 Å². The summed E-state index contributed by atoms with van der Waals surface area (Å²) in [6, 6.07) is 10.9. The molecule has 0 saturated carbocycles. The van der Waals surface area contributed by atoms with Crippen molar-refractivity contribution in [1.29, 1.82) is 0 Å². The van der Waals surface area contributed by atoms with Crippen molar-refractivity contribution in [3.8, 4) is 11.5 Å². The first-order valence-corrected chi connectivity index (χ1v) is 6.71. The van der Waals surface area contributed by atoms with E-state index in [4.69, 9.17) is 15.2 Å². The summed E-state index contributed by atoms with van der Waals surface area (Å²) in [7, 11) is 3.15. The Bertz CT molecular complexity index is 553. The van der Waals surface area contributed by atoms with Gasteiger partial charge in [0, 0.05) is 30.4 Å². The largest absolute Gasteiger partial charge is 0.497 e. The van der Waals surface area contributed by atoms with E-state index in [0.29, 0.717) is 17.1 Å². The maximum absolute atomic E-state index is 10.6. The maximum Gasteiger partial charge on any atom is 0.122 e. The molecule has 2 rings (SSSR count). The Hall–Kier alpha value is -2.11. The van der Waals surface area contributed by atoms with Gasteiger partial charge in [0.25, 0.3) is 0 Å². The van der Waals surface area contributed by atoms with E-state index in [-0.39, 0.29) is 12.5 Å². The number of rotatable bonds is 6. The Morgan fingerprint density at radius 2 is 1.81 bits per heavy atom. The minimum Gasteiger partial charge on any atom is -0.497 e. The lowest BCUT2D eigenvalue weighted by atomic mass is 9.92. The van der Waals surface area contributed by atoms with Crippen molar-refractivity contribution >= 4 is 0 Å². The highest BCUT2D eigenvalue weighted by atomic mass is 16.5. The van der Waals surface area contributed by atoms with Gasteiger partial charge in [-0.05, 0) is 29.8 Å². The van der Waals surface area contributed by atoms with Crippen LogP contribution in [-0.2, 0) is 0 Å². The molecule has 2 aromatic rings. The molecule has 3 N–H and O–H groups in total. The summed E-state index contributed by atoms with van der Waals surface area (Å²) in [5.74, 6) is 0.961. The first kappa shape index (κ1) is 15.3. The Kier molecular flexibility index (Phi) is 5.14. The van der Waals surface area contributed by atoms with Crippen LogP contribution in [0, 0.1) is 0 Å². The molecule has 2 unspecified atom stereocenters. The van der Waals surface area contributed by atoms with Gasteiger partial charge in [0.1, 0.15) is 11.5 Å². The second kappa shape index (κ2) is 7.06. The predicted molar refractivity (Wildman–Crippen MR) is 80.5 cm³/mol. The number of aromatic nitrogens is 1. The van der Waals surface area contributed by atoms with Gasteiger partial charge in [-0.15, -0.1) is 0 Å². The molecule has 0 spiro atoms. The molecule has 0 bridgehead atoms. The molecule has 5 nitrogen and oxygen atoms in total. The highest BCUT2D eigenvalue weighted by Crippen LogP contribution is 2.33. The Labute approximate surface area is 124 Å². The van der Waals surface area contributed by atoms with Crippen LogP contribution in [0.15, 0.2) is 42.6 Å². The molecule has 0 fully saturated rings. The Morgan fingerprint density at radius 1 is 1.14 bits per heavy atom. The molecule has 0 aliphatic heterocycles. The number of pyridine rings is 1. The van der Waals surface area contributed by atoms with Crippen LogP contribution >= 0.6 is 0 Å². The fraction of sp³-hybridized carbons (Fsp3) is 0.312. The highest BCUT2D eigenvalue weighted by molar-refractivity contribution is 5.40. The number of aliphatic hydroxyl groups excluding tert-OH is 1. The number of aliphatic hydroxyl groups is 1. The van der Waals surface area contributed by atoms with Crippen LogP contribution in [0.2, 0.25) is 0 Å². The third kappa shape index (κ3) is 3.51. The molecule has 112 valence electrons. The predicted octanol–water partition coefficient (Wildman–Crippen LogP) is 1.87. The van der Waals surface area contributed by atoms with Crippen LogP contribution in [0.5, 0.6) is 11.5 Å². The SMILES string of the molecule is COc1cc(OC)cc(C(O)C(CN)c2ccccn2)c1. The minimum atomic E-state index is -0.783. The second-order valence-electron chi connectivity index (χ2n) is 4.69. The first-order chi connectivity index (χ1) is 10.2. The lowest BCUT2D eigenvalue weighted by molar-refractivity contribution is 0.145. The summed E-state index contributed by atoms with van der Waals surface area (Å²) in [4.78, 5) is 4.28. The zero-order valence-corrected chi connectivity index (χ0v) is 12.2. The van der Waals surface area contributed by atoms with Gasteiger partial charge in [0.15, 0.2) is 0 Å². The highest BCUT2D eigenvalue weighted by Gasteiger charge is 2.23. The van der Waals surface area contributed by atoms with Crippen molar-refractivity contribution in [3.05, 3.63) is 53.9 Å². The minimum absolute atomic E-state index is 0.289. The smallest absolute Gasteiger partial charge is 0.122 e. The molecule has 0 aliphatic carbocycles. The van der Waals surface area contributed by atoms with Crippen LogP contribution in [0.4, 0.5) is 0 Å². The lowest BCUT2D eigenvalue weighted by Gasteiger charge is -2.22. The maximum atomic E-state index is 10.6. The number of hydrogen-bond acceptors (Lipinski definition) is 5. The molecular formula is C16H20N2O3. The van der Waals surface area contributed by atoms with Crippen molar-refractivity contribution in [2.24, 2.45) is 5.73 Å². The van der Waals surface area contributed by atoms with Gasteiger partial charge in [-0.3, -0.25) is 4.98 Å². The Balaban J connectivity index is 2.35. The monoisotopic (exact) mass is 288 g/mol. The van der Waals surface area contributed by atoms with Crippen LogP contribution < -0.4 is 15.2 Å². The van der Waals surface area contributed by atoms with E-state index in [2.05, 4.69) is 4.98 Å². The van der Waals surface area contributed by atoms with Crippen molar-refractivity contribution < 1.29 is 14.6 Å². The Morgan fingerprint density at radius 3 is 2.29 bits per heavy atom. The standard InChI is InChI=1S/C16H20N2O3/c1-20-12-7-11(8-13(9-12)21-2)16(19)14(10-17)15-5-3-4-6-18-15/h3-9,14,16,19H,10,17H2,1-2H3. The molecule has 0 saturated heterocycles. The molecule has 2 atom stereocenters. The van der Waals surface area contributed by atoms with Crippen molar-refractivity contribution in [2.75, 3.05) is 20.8 Å². The quantitative estimate of drug-likeness (QED) is 0.848. The number of methoxy groups -OCH3 is 2. The lowest BCUT2D eigenvalue weighted by Crippen LogP contribution is -2.21. The van der Waals surface area contributed by atoms with Gasteiger partial charge in [-0.2, -0.15) is 0 Å². The molecule has 1 heterocycles. The van der Waals surface area contributed by atoms with Crippen molar-refractivity contribution in [1.82, 2.24) is 4.98 Å². The average Bonchev–Trinajstić information content (AvgIpc) is 2.55. The molecule has 1 aromatic heterocycles. The molecule has 1 aromatic carbocycles. The zero-order chi connectivity index (χ0) is 15.2. The van der Waals surface area contributed by atoms with E-state index in [1.165, 1.54) is 0 Å². The van der Waals surface area contributed by atoms with Crippen molar-refractivity contribution in [3.63, 3.8) is 0 Å². The van der Waals surface area contributed by atoms with Gasteiger partial charge in [-0.1, -0.05) is 6.07 Å². The topological polar surface area (TPSA) is 77.6 Å². The number of nitrogens with two attached hydrogens (primary N) is 1. The summed E-state index contributed by atoms with van der Waals surface area (Å²) in [5, 5.41) is 10.6. The van der Waals surface area contributed by atoms with Gasteiger partial charge in [0.2, 0.25) is 0 Å². The van der Waals surface area contributed by atoms with E-state index in [9.17, 15) is 5.11 Å². The molecular weight excluding hydrogens is 268 g/mol. The van der Waals surface area contributed by atoms with Crippen LogP contribution in [0.1, 0.15) is 23.3 Å². The third-order valence-electron chi connectivity index (χ3n) is 3.42. The number of nitrogens with zero attached hydrogens (tertiary/aromatic N) is 1. The van der Waals surface area contributed by atoms with Gasteiger partial charge >= 0.3 is 0 Å². The normalized spacial score (nSPS) is 13.5. The molecule has 21 heavy (non-hydrogen) atoms. The average molecular weight is 288 g/mol. The number of ether oxygens (including phenoxy) is 2. The molecule has 0 aliphatic rings. The number of hydrogen-bond donors (Lipinski definition) is 2. The van der Waals surface area contributed by atoms with Crippen LogP contribution in [-0.4, -0.2) is 30.9 Å².